The van der Waals surface area contributed by atoms with Crippen LogP contribution in [0.4, 0.5) is 0 Å². The number of rotatable bonds is 6. The second-order valence-electron chi connectivity index (χ2n) is 6.30. The quantitative estimate of drug-likeness (QED) is 0.872. The van der Waals surface area contributed by atoms with Crippen molar-refractivity contribution >= 4 is 10.2 Å². The molecular weight excluding hydrogens is 324 g/mol. The molecule has 1 N–H and O–H groups in total. The van der Waals surface area contributed by atoms with Crippen molar-refractivity contribution < 1.29 is 8.42 Å². The molecule has 7 heteroatoms. The molecule has 0 radical (unpaired) electrons. The first-order valence-corrected chi connectivity index (χ1v) is 9.76. The summed E-state index contributed by atoms with van der Waals surface area (Å²) in [4.78, 5) is 0. The molecule has 0 bridgehead atoms. The molecule has 24 heavy (non-hydrogen) atoms. The number of H-pyrrole nitrogens is 1. The molecule has 3 rings (SSSR count). The summed E-state index contributed by atoms with van der Waals surface area (Å²) < 4.78 is 29.7. The molecule has 0 saturated carbocycles. The maximum absolute atomic E-state index is 13.2. The molecule has 1 saturated heterocycles. The number of hydrogen-bond donors (Lipinski definition) is 1. The molecule has 0 aliphatic carbocycles. The first-order valence-electron chi connectivity index (χ1n) is 8.36. The molecule has 1 aromatic heterocycles. The minimum Gasteiger partial charge on any atom is -0.281 e. The van der Waals surface area contributed by atoms with Crippen molar-refractivity contribution in [3.05, 3.63) is 53.9 Å². The van der Waals surface area contributed by atoms with E-state index in [2.05, 4.69) is 10.2 Å². The van der Waals surface area contributed by atoms with Crippen molar-refractivity contribution in [1.82, 2.24) is 18.8 Å². The highest BCUT2D eigenvalue weighted by atomic mass is 32.2. The Kier molecular flexibility index (Phi) is 5.33. The second kappa shape index (κ2) is 7.46. The second-order valence-corrected chi connectivity index (χ2v) is 8.18. The topological polar surface area (TPSA) is 69.3 Å². The lowest BCUT2D eigenvalue weighted by molar-refractivity contribution is 0.240. The summed E-state index contributed by atoms with van der Waals surface area (Å²) in [5.41, 5.74) is 1.77. The van der Waals surface area contributed by atoms with E-state index in [0.29, 0.717) is 19.6 Å². The first-order chi connectivity index (χ1) is 11.6. The number of aromatic amines is 1. The third-order valence-electron chi connectivity index (χ3n) is 4.47. The largest absolute Gasteiger partial charge is 0.282 e. The van der Waals surface area contributed by atoms with E-state index in [1.807, 2.05) is 43.3 Å². The summed E-state index contributed by atoms with van der Waals surface area (Å²) in [7, 11) is -3.53. The fourth-order valence-corrected chi connectivity index (χ4v) is 4.96. The zero-order valence-electron chi connectivity index (χ0n) is 13.9. The van der Waals surface area contributed by atoms with Crippen LogP contribution in [0.3, 0.4) is 0 Å². The highest BCUT2D eigenvalue weighted by molar-refractivity contribution is 7.86. The van der Waals surface area contributed by atoms with Crippen LogP contribution in [-0.4, -0.2) is 39.8 Å². The molecule has 6 nitrogen and oxygen atoms in total. The van der Waals surface area contributed by atoms with Crippen LogP contribution in [0.15, 0.2) is 42.6 Å². The molecule has 0 unspecified atom stereocenters. The van der Waals surface area contributed by atoms with Crippen LogP contribution in [0.2, 0.25) is 0 Å². The Morgan fingerprint density at radius 2 is 2.00 bits per heavy atom. The van der Waals surface area contributed by atoms with Gasteiger partial charge >= 0.3 is 0 Å². The van der Waals surface area contributed by atoms with Crippen LogP contribution >= 0.6 is 0 Å². The van der Waals surface area contributed by atoms with Gasteiger partial charge in [0.15, 0.2) is 0 Å². The molecule has 2 heterocycles. The SMILES string of the molecule is C[C@H]1CCCCN1S(=O)(=O)N(Cc1ccccc1)Cc1ccn[nH]1. The normalized spacial score (nSPS) is 19.7. The van der Waals surface area contributed by atoms with E-state index in [1.54, 1.807) is 10.5 Å². The van der Waals surface area contributed by atoms with E-state index >= 15 is 0 Å². The van der Waals surface area contributed by atoms with Crippen LogP contribution in [0.25, 0.3) is 0 Å². The summed E-state index contributed by atoms with van der Waals surface area (Å²) in [6, 6.07) is 11.6. The molecule has 0 amide bonds. The van der Waals surface area contributed by atoms with Gasteiger partial charge < -0.3 is 0 Å². The van der Waals surface area contributed by atoms with Crippen molar-refractivity contribution in [2.75, 3.05) is 6.54 Å². The average Bonchev–Trinajstić information content (AvgIpc) is 3.08. The maximum atomic E-state index is 13.2. The van der Waals surface area contributed by atoms with Crippen molar-refractivity contribution in [2.45, 2.75) is 45.3 Å². The number of benzene rings is 1. The fraction of sp³-hybridized carbons (Fsp3) is 0.471. The highest BCUT2D eigenvalue weighted by Crippen LogP contribution is 2.24. The lowest BCUT2D eigenvalue weighted by atomic mass is 10.1. The average molecular weight is 348 g/mol. The van der Waals surface area contributed by atoms with Gasteiger partial charge in [-0.1, -0.05) is 36.8 Å². The van der Waals surface area contributed by atoms with Crippen molar-refractivity contribution in [3.8, 4) is 0 Å². The maximum Gasteiger partial charge on any atom is 0.282 e. The fourth-order valence-electron chi connectivity index (χ4n) is 3.13. The smallest absolute Gasteiger partial charge is 0.281 e. The van der Waals surface area contributed by atoms with Crippen LogP contribution in [0.1, 0.15) is 37.4 Å². The Morgan fingerprint density at radius 1 is 1.21 bits per heavy atom. The Bertz CT molecular complexity index is 731. The Morgan fingerprint density at radius 3 is 2.67 bits per heavy atom. The van der Waals surface area contributed by atoms with Crippen LogP contribution < -0.4 is 0 Å². The third-order valence-corrected chi connectivity index (χ3v) is 6.52. The lowest BCUT2D eigenvalue weighted by Gasteiger charge is -2.36. The van der Waals surface area contributed by atoms with Crippen molar-refractivity contribution in [3.63, 3.8) is 0 Å². The molecule has 1 aliphatic heterocycles. The molecule has 1 aliphatic rings. The van der Waals surface area contributed by atoms with Gasteiger partial charge in [0.2, 0.25) is 0 Å². The molecule has 2 aromatic rings. The highest BCUT2D eigenvalue weighted by Gasteiger charge is 2.34. The Labute approximate surface area is 143 Å². The van der Waals surface area contributed by atoms with Gasteiger partial charge in [-0.15, -0.1) is 0 Å². The van der Waals surface area contributed by atoms with Crippen LogP contribution in [0.5, 0.6) is 0 Å². The van der Waals surface area contributed by atoms with Gasteiger partial charge in [-0.25, -0.2) is 0 Å². The van der Waals surface area contributed by atoms with E-state index in [-0.39, 0.29) is 6.04 Å². The number of piperidine rings is 1. The van der Waals surface area contributed by atoms with E-state index < -0.39 is 10.2 Å². The van der Waals surface area contributed by atoms with Crippen LogP contribution in [-0.2, 0) is 23.3 Å². The third kappa shape index (κ3) is 3.85. The molecule has 1 aromatic carbocycles. The Hall–Kier alpha value is -1.70. The summed E-state index contributed by atoms with van der Waals surface area (Å²) >= 11 is 0. The van der Waals surface area contributed by atoms with Crippen molar-refractivity contribution in [2.24, 2.45) is 0 Å². The van der Waals surface area contributed by atoms with E-state index in [0.717, 1.165) is 30.5 Å². The van der Waals surface area contributed by atoms with Crippen molar-refractivity contribution in [1.29, 1.82) is 0 Å². The van der Waals surface area contributed by atoms with E-state index in [4.69, 9.17) is 0 Å². The zero-order chi connectivity index (χ0) is 17.0. The predicted octanol–water partition coefficient (Wildman–Crippen LogP) is 2.53. The van der Waals surface area contributed by atoms with Gasteiger partial charge in [-0.2, -0.15) is 22.1 Å². The molecule has 1 atom stereocenters. The monoisotopic (exact) mass is 348 g/mol. The van der Waals surface area contributed by atoms with Gasteiger partial charge in [-0.05, 0) is 31.4 Å². The van der Waals surface area contributed by atoms with Gasteiger partial charge in [0, 0.05) is 25.3 Å². The van der Waals surface area contributed by atoms with E-state index in [9.17, 15) is 8.42 Å². The minimum atomic E-state index is -3.53. The number of nitrogens with zero attached hydrogens (tertiary/aromatic N) is 3. The summed E-state index contributed by atoms with van der Waals surface area (Å²) in [6.07, 6.45) is 4.58. The zero-order valence-corrected chi connectivity index (χ0v) is 14.7. The number of hydrogen-bond acceptors (Lipinski definition) is 3. The van der Waals surface area contributed by atoms with Gasteiger partial charge in [0.05, 0.1) is 12.2 Å². The molecule has 0 spiro atoms. The molecule has 130 valence electrons. The summed E-state index contributed by atoms with van der Waals surface area (Å²) in [6.45, 7) is 3.23. The molecule has 1 fully saturated rings. The number of aromatic nitrogens is 2. The molecular formula is C17H24N4O2S. The van der Waals surface area contributed by atoms with Gasteiger partial charge in [0.25, 0.3) is 10.2 Å². The summed E-state index contributed by atoms with van der Waals surface area (Å²) in [5, 5.41) is 6.80. The number of nitrogens with one attached hydrogen (secondary N) is 1. The standard InChI is InChI=1S/C17H24N4O2S/c1-15-7-5-6-12-21(15)24(22,23)20(14-17-10-11-18-19-17)13-16-8-3-2-4-9-16/h2-4,8-11,15H,5-7,12-14H2,1H3,(H,18,19)/t15-/m0/s1. The minimum absolute atomic E-state index is 0.0452. The Balaban J connectivity index is 1.87. The summed E-state index contributed by atoms with van der Waals surface area (Å²) in [5.74, 6) is 0. The van der Waals surface area contributed by atoms with E-state index in [1.165, 1.54) is 4.31 Å². The first kappa shape index (κ1) is 17.1. The lowest BCUT2D eigenvalue weighted by Crippen LogP contribution is -2.49. The van der Waals surface area contributed by atoms with Gasteiger partial charge in [0.1, 0.15) is 0 Å². The van der Waals surface area contributed by atoms with Crippen LogP contribution in [0, 0.1) is 0 Å². The predicted molar refractivity (Wildman–Crippen MR) is 93.2 cm³/mol. The van der Waals surface area contributed by atoms with Gasteiger partial charge in [-0.3, -0.25) is 5.10 Å².